The van der Waals surface area contributed by atoms with Gasteiger partial charge in [0.25, 0.3) is 0 Å². The van der Waals surface area contributed by atoms with Crippen molar-refractivity contribution in [3.63, 3.8) is 0 Å². The van der Waals surface area contributed by atoms with E-state index >= 15 is 0 Å². The van der Waals surface area contributed by atoms with Crippen LogP contribution in [0, 0.1) is 5.82 Å². The lowest BCUT2D eigenvalue weighted by atomic mass is 10.2. The van der Waals surface area contributed by atoms with E-state index in [0.29, 0.717) is 24.1 Å². The van der Waals surface area contributed by atoms with Crippen molar-refractivity contribution in [3.05, 3.63) is 52.0 Å². The van der Waals surface area contributed by atoms with E-state index in [2.05, 4.69) is 19.8 Å². The molecule has 2 aliphatic heterocycles. The fourth-order valence-corrected chi connectivity index (χ4v) is 4.17. The molecule has 1 aromatic heterocycles. The van der Waals surface area contributed by atoms with Gasteiger partial charge in [-0.25, -0.2) is 14.4 Å². The van der Waals surface area contributed by atoms with Crippen LogP contribution < -0.4 is 4.90 Å². The quantitative estimate of drug-likeness (QED) is 0.700. The number of piperazine rings is 1. The number of nitrogens with zero attached hydrogens (tertiary/aromatic N) is 5. The smallest absolute Gasteiger partial charge is 0.368 e. The molecule has 1 saturated heterocycles. The van der Waals surface area contributed by atoms with Crippen molar-refractivity contribution in [1.29, 1.82) is 0 Å². The maximum atomic E-state index is 13.1. The van der Waals surface area contributed by atoms with Crippen LogP contribution in [0.25, 0.3) is 0 Å². The highest BCUT2D eigenvalue weighted by Gasteiger charge is 2.32. The predicted molar refractivity (Wildman–Crippen MR) is 106 cm³/mol. The Morgan fingerprint density at radius 2 is 1.62 bits per heavy atom. The number of hydrogen-bond donors (Lipinski definition) is 0. The van der Waals surface area contributed by atoms with Gasteiger partial charge in [0.05, 0.1) is 12.9 Å². The van der Waals surface area contributed by atoms with Crippen molar-refractivity contribution in [2.75, 3.05) is 37.7 Å². The summed E-state index contributed by atoms with van der Waals surface area (Å²) in [6, 6.07) is 9.06. The number of thiophene rings is 1. The van der Waals surface area contributed by atoms with Crippen LogP contribution in [-0.2, 0) is 12.7 Å². The Labute approximate surface area is 169 Å². The minimum Gasteiger partial charge on any atom is -0.368 e. The Bertz CT molecular complexity index is 898. The van der Waals surface area contributed by atoms with E-state index in [-0.39, 0.29) is 5.82 Å². The molecule has 0 atom stereocenters. The highest BCUT2D eigenvalue weighted by Crippen LogP contribution is 2.35. The molecule has 0 spiro atoms. The second kappa shape index (κ2) is 8.02. The van der Waals surface area contributed by atoms with Crippen molar-refractivity contribution in [1.82, 2.24) is 9.80 Å². The first-order valence-corrected chi connectivity index (χ1v) is 9.94. The maximum absolute atomic E-state index is 13.1. The number of benzene rings is 1. The van der Waals surface area contributed by atoms with Crippen molar-refractivity contribution in [3.8, 4) is 0 Å². The Morgan fingerprint density at radius 1 is 0.931 bits per heavy atom. The van der Waals surface area contributed by atoms with Gasteiger partial charge >= 0.3 is 6.18 Å². The number of aliphatic imine (C=N–C) groups is 2. The summed E-state index contributed by atoms with van der Waals surface area (Å²) in [6.07, 6.45) is -2.66. The minimum absolute atomic E-state index is 0.250. The highest BCUT2D eigenvalue weighted by molar-refractivity contribution is 7.12. The molecule has 10 heteroatoms. The van der Waals surface area contributed by atoms with E-state index in [4.69, 9.17) is 0 Å². The first-order chi connectivity index (χ1) is 13.9. The molecule has 29 heavy (non-hydrogen) atoms. The van der Waals surface area contributed by atoms with E-state index in [0.717, 1.165) is 49.3 Å². The van der Waals surface area contributed by atoms with Gasteiger partial charge in [0, 0.05) is 36.7 Å². The van der Waals surface area contributed by atoms with Gasteiger partial charge in [-0.3, -0.25) is 0 Å². The van der Waals surface area contributed by atoms with Gasteiger partial charge in [-0.15, -0.1) is 11.3 Å². The maximum Gasteiger partial charge on any atom is 0.425 e. The lowest BCUT2D eigenvalue weighted by molar-refractivity contribution is -0.134. The van der Waals surface area contributed by atoms with Crippen molar-refractivity contribution in [2.24, 2.45) is 9.98 Å². The average molecular weight is 425 g/mol. The summed E-state index contributed by atoms with van der Waals surface area (Å²) in [5, 5.41) is 0. The zero-order chi connectivity index (χ0) is 20.4. The van der Waals surface area contributed by atoms with Crippen molar-refractivity contribution in [2.45, 2.75) is 12.7 Å². The molecule has 4 rings (SSSR count). The highest BCUT2D eigenvalue weighted by atomic mass is 32.1. The first kappa shape index (κ1) is 19.7. The summed E-state index contributed by atoms with van der Waals surface area (Å²) in [7, 11) is 0. The molecule has 1 fully saturated rings. The zero-order valence-corrected chi connectivity index (χ0v) is 16.3. The van der Waals surface area contributed by atoms with E-state index in [1.54, 1.807) is 23.4 Å². The lowest BCUT2D eigenvalue weighted by Crippen LogP contribution is -2.49. The number of halogens is 4. The molecule has 3 heterocycles. The zero-order valence-electron chi connectivity index (χ0n) is 15.4. The summed E-state index contributed by atoms with van der Waals surface area (Å²) >= 11 is 0.745. The van der Waals surface area contributed by atoms with Crippen LogP contribution in [-0.4, -0.2) is 54.9 Å². The minimum atomic E-state index is -4.31. The molecule has 0 bridgehead atoms. The molecule has 0 unspecified atom stereocenters. The molecule has 0 radical (unpaired) electrons. The number of guanidine groups is 1. The Morgan fingerprint density at radius 3 is 2.21 bits per heavy atom. The van der Waals surface area contributed by atoms with Gasteiger partial charge in [0.15, 0.2) is 0 Å². The summed E-state index contributed by atoms with van der Waals surface area (Å²) in [6.45, 7) is 3.75. The molecule has 0 saturated carbocycles. The molecule has 0 aliphatic carbocycles. The summed E-state index contributed by atoms with van der Waals surface area (Å²) < 4.78 is 51.2. The third kappa shape index (κ3) is 4.69. The molecule has 154 valence electrons. The fraction of sp³-hybridized carbons (Fsp3) is 0.368. The van der Waals surface area contributed by atoms with E-state index in [1.165, 1.54) is 18.2 Å². The van der Waals surface area contributed by atoms with E-state index in [1.807, 2.05) is 0 Å². The van der Waals surface area contributed by atoms with Gasteiger partial charge in [0.2, 0.25) is 5.96 Å². The standard InChI is InChI=1S/C19H19F4N5S/c20-14-1-3-15(4-2-14)27-7-9-28(10-8-27)18-24-12-26(13-25-18)11-16-5-6-17(29-16)19(21,22)23/h1-6,12H,7-11,13H2. The largest absolute Gasteiger partial charge is 0.425 e. The number of anilines is 1. The van der Waals surface area contributed by atoms with Crippen LogP contribution in [0.2, 0.25) is 0 Å². The normalized spacial score (nSPS) is 17.7. The van der Waals surface area contributed by atoms with Crippen LogP contribution in [0.4, 0.5) is 23.2 Å². The third-order valence-electron chi connectivity index (χ3n) is 4.78. The van der Waals surface area contributed by atoms with Gasteiger partial charge < -0.3 is 14.7 Å². The van der Waals surface area contributed by atoms with Crippen molar-refractivity contribution >= 4 is 29.3 Å². The van der Waals surface area contributed by atoms with Gasteiger partial charge in [-0.1, -0.05) is 0 Å². The molecule has 2 aromatic rings. The lowest BCUT2D eigenvalue weighted by Gasteiger charge is -2.37. The number of alkyl halides is 3. The second-order valence-electron chi connectivity index (χ2n) is 6.81. The molecule has 1 aromatic carbocycles. The van der Waals surface area contributed by atoms with Gasteiger partial charge in [-0.05, 0) is 36.4 Å². The van der Waals surface area contributed by atoms with E-state index in [9.17, 15) is 17.6 Å². The van der Waals surface area contributed by atoms with Crippen LogP contribution in [0.15, 0.2) is 46.4 Å². The molecular formula is C19H19F4N5S. The molecule has 0 amide bonds. The molecule has 5 nitrogen and oxygen atoms in total. The predicted octanol–water partition coefficient (Wildman–Crippen LogP) is 3.89. The second-order valence-corrected chi connectivity index (χ2v) is 7.97. The Kier molecular flexibility index (Phi) is 5.44. The first-order valence-electron chi connectivity index (χ1n) is 9.12. The van der Waals surface area contributed by atoms with Gasteiger partial charge in [0.1, 0.15) is 17.4 Å². The van der Waals surface area contributed by atoms with Crippen LogP contribution in [0.3, 0.4) is 0 Å². The monoisotopic (exact) mass is 425 g/mol. The Hall–Kier alpha value is -2.62. The van der Waals surface area contributed by atoms with Crippen LogP contribution in [0.1, 0.15) is 9.75 Å². The molecular weight excluding hydrogens is 406 g/mol. The Balaban J connectivity index is 1.29. The fourth-order valence-electron chi connectivity index (χ4n) is 3.27. The van der Waals surface area contributed by atoms with Crippen LogP contribution in [0.5, 0.6) is 0 Å². The van der Waals surface area contributed by atoms with Crippen molar-refractivity contribution < 1.29 is 17.6 Å². The molecule has 2 aliphatic rings. The summed E-state index contributed by atoms with van der Waals surface area (Å²) in [4.78, 5) is 14.9. The summed E-state index contributed by atoms with van der Waals surface area (Å²) in [5.74, 6) is 0.391. The third-order valence-corrected chi connectivity index (χ3v) is 5.90. The average Bonchev–Trinajstić information content (AvgIpc) is 3.19. The number of hydrogen-bond acceptors (Lipinski definition) is 6. The number of rotatable bonds is 3. The SMILES string of the molecule is Fc1ccc(N2CCN(C3=NCN(Cc4ccc(C(F)(F)F)s4)C=N3)CC2)cc1. The topological polar surface area (TPSA) is 34.4 Å². The van der Waals surface area contributed by atoms with Crippen LogP contribution >= 0.6 is 11.3 Å². The summed E-state index contributed by atoms with van der Waals surface area (Å²) in [5.41, 5.74) is 0.987. The van der Waals surface area contributed by atoms with E-state index < -0.39 is 11.1 Å². The van der Waals surface area contributed by atoms with Gasteiger partial charge in [-0.2, -0.15) is 13.2 Å². The molecule has 0 N–H and O–H groups in total.